The van der Waals surface area contributed by atoms with Gasteiger partial charge >= 0.3 is 23.1 Å². The van der Waals surface area contributed by atoms with E-state index >= 15 is 0 Å². The summed E-state index contributed by atoms with van der Waals surface area (Å²) in [5, 5.41) is 0. The fourth-order valence-corrected chi connectivity index (χ4v) is 0.829. The molecular formula is C9H21MgOSi. The van der Waals surface area contributed by atoms with Crippen LogP contribution in [0.2, 0.25) is 13.1 Å². The van der Waals surface area contributed by atoms with E-state index in [4.69, 9.17) is 4.43 Å². The van der Waals surface area contributed by atoms with Crippen LogP contribution in [-0.2, 0) is 4.43 Å². The first kappa shape index (κ1) is 18.7. The molecular weight excluding hydrogens is 176 g/mol. The van der Waals surface area contributed by atoms with Crippen LogP contribution in [0.4, 0.5) is 0 Å². The Balaban J connectivity index is -0.000000142. The van der Waals surface area contributed by atoms with Crippen molar-refractivity contribution in [2.75, 3.05) is 6.61 Å². The molecule has 0 aromatic carbocycles. The van der Waals surface area contributed by atoms with Gasteiger partial charge in [0.2, 0.25) is 9.04 Å². The van der Waals surface area contributed by atoms with Crippen LogP contribution in [-0.4, -0.2) is 38.7 Å². The molecule has 0 amide bonds. The van der Waals surface area contributed by atoms with Gasteiger partial charge in [0.05, 0.1) is 0 Å². The molecule has 0 atom stereocenters. The molecule has 0 saturated heterocycles. The quantitative estimate of drug-likeness (QED) is 0.498. The second kappa shape index (κ2) is 17.9. The van der Waals surface area contributed by atoms with E-state index in [0.717, 1.165) is 19.4 Å². The van der Waals surface area contributed by atoms with Crippen molar-refractivity contribution < 1.29 is 4.43 Å². The van der Waals surface area contributed by atoms with Crippen LogP contribution in [0.3, 0.4) is 0 Å². The Bertz CT molecular complexity index is 58.5. The van der Waals surface area contributed by atoms with Gasteiger partial charge < -0.3 is 18.3 Å². The maximum atomic E-state index is 5.23. The van der Waals surface area contributed by atoms with Gasteiger partial charge in [-0.2, -0.15) is 12.8 Å². The second-order valence-corrected chi connectivity index (χ2v) is 4.57. The van der Waals surface area contributed by atoms with Crippen LogP contribution < -0.4 is 0 Å². The Morgan fingerprint density at radius 3 is 1.67 bits per heavy atom. The van der Waals surface area contributed by atoms with E-state index in [1.807, 2.05) is 0 Å². The Kier molecular flexibility index (Phi) is 27.8. The summed E-state index contributed by atoms with van der Waals surface area (Å²) >= 11 is 0. The average Bonchev–Trinajstić information content (AvgIpc) is 2.01. The standard InChI is InChI=1S/C5H12OSi.C4H9.Mg/c1-4-5-6-7(2)3;1-3-4-2;/h1,4-5H2,2-3H3;1,3-4H2,2H3;/q2*-1;+2. The minimum absolute atomic E-state index is 0. The van der Waals surface area contributed by atoms with Crippen LogP contribution in [0.25, 0.3) is 0 Å². The van der Waals surface area contributed by atoms with Crippen molar-refractivity contribution in [3.63, 3.8) is 0 Å². The zero-order valence-electron chi connectivity index (χ0n) is 8.86. The maximum absolute atomic E-state index is 5.23. The van der Waals surface area contributed by atoms with Crippen LogP contribution in [0.1, 0.15) is 26.2 Å². The molecule has 1 radical (unpaired) electrons. The maximum Gasteiger partial charge on any atom is 2.00 e. The molecule has 0 bridgehead atoms. The molecule has 0 heterocycles. The molecule has 3 heteroatoms. The average molecular weight is 198 g/mol. The van der Waals surface area contributed by atoms with E-state index in [-0.39, 0.29) is 23.1 Å². The van der Waals surface area contributed by atoms with E-state index < -0.39 is 9.04 Å². The van der Waals surface area contributed by atoms with E-state index in [9.17, 15) is 0 Å². The van der Waals surface area contributed by atoms with Crippen LogP contribution in [0.15, 0.2) is 0 Å². The van der Waals surface area contributed by atoms with Crippen LogP contribution in [0, 0.1) is 13.8 Å². The molecule has 0 aromatic heterocycles. The summed E-state index contributed by atoms with van der Waals surface area (Å²) < 4.78 is 5.23. The molecule has 0 aromatic rings. The van der Waals surface area contributed by atoms with Gasteiger partial charge in [-0.1, -0.05) is 13.3 Å². The molecule has 0 aliphatic carbocycles. The third-order valence-corrected chi connectivity index (χ3v) is 1.67. The van der Waals surface area contributed by atoms with Crippen molar-refractivity contribution in [2.45, 2.75) is 39.3 Å². The SMILES string of the molecule is [CH2-]CCC.[CH2-]CCO[Si](C)C.[Mg+2]. The molecule has 69 valence electrons. The molecule has 0 spiro atoms. The van der Waals surface area contributed by atoms with Crippen molar-refractivity contribution >= 4 is 32.1 Å². The molecule has 12 heavy (non-hydrogen) atoms. The van der Waals surface area contributed by atoms with Gasteiger partial charge in [0.1, 0.15) is 0 Å². The largest absolute Gasteiger partial charge is 2.00 e. The third kappa shape index (κ3) is 30.6. The van der Waals surface area contributed by atoms with Crippen molar-refractivity contribution in [1.29, 1.82) is 0 Å². The fourth-order valence-electron chi connectivity index (χ4n) is 0.276. The molecule has 0 saturated carbocycles. The van der Waals surface area contributed by atoms with Crippen LogP contribution >= 0.6 is 0 Å². The van der Waals surface area contributed by atoms with E-state index in [0.29, 0.717) is 0 Å². The van der Waals surface area contributed by atoms with Gasteiger partial charge in [0, 0.05) is 6.61 Å². The van der Waals surface area contributed by atoms with Gasteiger partial charge in [-0.05, 0) is 13.1 Å². The normalized spacial score (nSPS) is 8.50. The van der Waals surface area contributed by atoms with Gasteiger partial charge in [-0.3, -0.25) is 0 Å². The van der Waals surface area contributed by atoms with E-state index in [1.54, 1.807) is 0 Å². The van der Waals surface area contributed by atoms with E-state index in [2.05, 4.69) is 33.9 Å². The van der Waals surface area contributed by atoms with E-state index in [1.165, 1.54) is 6.42 Å². The number of hydrogen-bond acceptors (Lipinski definition) is 1. The number of hydrogen-bond donors (Lipinski definition) is 0. The molecule has 0 aliphatic rings. The molecule has 0 unspecified atom stereocenters. The first-order valence-corrected chi connectivity index (χ1v) is 6.61. The zero-order valence-corrected chi connectivity index (χ0v) is 11.3. The monoisotopic (exact) mass is 197 g/mol. The van der Waals surface area contributed by atoms with Crippen molar-refractivity contribution in [1.82, 2.24) is 0 Å². The first-order valence-electron chi connectivity index (χ1n) is 4.20. The Labute approximate surface area is 96.1 Å². The predicted octanol–water partition coefficient (Wildman–Crippen LogP) is 2.72. The number of unbranched alkanes of at least 4 members (excludes halogenated alkanes) is 1. The van der Waals surface area contributed by atoms with Gasteiger partial charge in [-0.25, -0.2) is 0 Å². The van der Waals surface area contributed by atoms with Gasteiger partial charge in [-0.15, -0.1) is 0 Å². The summed E-state index contributed by atoms with van der Waals surface area (Å²) in [5.74, 6) is 0. The minimum Gasteiger partial charge on any atom is -0.420 e. The minimum atomic E-state index is -0.437. The van der Waals surface area contributed by atoms with Crippen molar-refractivity contribution in [2.24, 2.45) is 0 Å². The Morgan fingerprint density at radius 2 is 1.58 bits per heavy atom. The third-order valence-electron chi connectivity index (χ3n) is 0.889. The molecule has 1 nitrogen and oxygen atoms in total. The van der Waals surface area contributed by atoms with Crippen LogP contribution in [0.5, 0.6) is 0 Å². The number of rotatable bonds is 4. The zero-order chi connectivity index (χ0) is 9.11. The van der Waals surface area contributed by atoms with Crippen molar-refractivity contribution in [3.05, 3.63) is 13.8 Å². The molecule has 0 N–H and O–H groups in total. The summed E-state index contributed by atoms with van der Waals surface area (Å²) in [6.07, 6.45) is 3.18. The summed E-state index contributed by atoms with van der Waals surface area (Å²) in [7, 11) is -0.437. The summed E-state index contributed by atoms with van der Waals surface area (Å²) in [6, 6.07) is 0. The summed E-state index contributed by atoms with van der Waals surface area (Å²) in [6.45, 7) is 14.5. The second-order valence-electron chi connectivity index (χ2n) is 2.46. The van der Waals surface area contributed by atoms with Crippen molar-refractivity contribution in [3.8, 4) is 0 Å². The predicted molar refractivity (Wildman–Crippen MR) is 59.4 cm³/mol. The summed E-state index contributed by atoms with van der Waals surface area (Å²) in [5.41, 5.74) is 0. The topological polar surface area (TPSA) is 9.23 Å². The first-order chi connectivity index (χ1) is 5.18. The fraction of sp³-hybridized carbons (Fsp3) is 0.778. The summed E-state index contributed by atoms with van der Waals surface area (Å²) in [4.78, 5) is 0. The molecule has 0 rings (SSSR count). The smallest absolute Gasteiger partial charge is 0.420 e. The molecule has 0 aliphatic heterocycles. The van der Waals surface area contributed by atoms with Gasteiger partial charge in [0.15, 0.2) is 0 Å². The Hall–Kier alpha value is 0.943. The molecule has 0 fully saturated rings. The van der Waals surface area contributed by atoms with Gasteiger partial charge in [0.25, 0.3) is 0 Å². The Morgan fingerprint density at radius 1 is 1.17 bits per heavy atom.